The van der Waals surface area contributed by atoms with E-state index in [4.69, 9.17) is 0 Å². The first-order valence-corrected chi connectivity index (χ1v) is 10.9. The van der Waals surface area contributed by atoms with Crippen LogP contribution in [0.25, 0.3) is 0 Å². The van der Waals surface area contributed by atoms with Gasteiger partial charge in [0.25, 0.3) is 5.91 Å². The van der Waals surface area contributed by atoms with Crippen LogP contribution in [0.2, 0.25) is 0 Å². The molecular weight excluding hydrogens is 386 g/mol. The first kappa shape index (κ1) is 22.7. The molecule has 1 amide bonds. The highest BCUT2D eigenvalue weighted by Crippen LogP contribution is 2.25. The van der Waals surface area contributed by atoms with Gasteiger partial charge in [-0.1, -0.05) is 25.8 Å². The van der Waals surface area contributed by atoms with Gasteiger partial charge in [0.05, 0.1) is 17.1 Å². The Morgan fingerprint density at radius 1 is 1.29 bits per heavy atom. The van der Waals surface area contributed by atoms with Crippen molar-refractivity contribution in [2.45, 2.75) is 44.7 Å². The smallest absolute Gasteiger partial charge is 0.270 e. The van der Waals surface area contributed by atoms with Gasteiger partial charge in [-0.2, -0.15) is 0 Å². The number of aliphatic imine (C=N–C) groups is 2. The van der Waals surface area contributed by atoms with Crippen molar-refractivity contribution in [2.75, 3.05) is 20.1 Å². The summed E-state index contributed by atoms with van der Waals surface area (Å²) < 4.78 is 0. The molecule has 31 heavy (non-hydrogen) atoms. The maximum Gasteiger partial charge on any atom is 0.270 e. The molecule has 3 rings (SSSR count). The predicted octanol–water partition coefficient (Wildman–Crippen LogP) is 3.44. The van der Waals surface area contributed by atoms with Crippen molar-refractivity contribution >= 4 is 17.3 Å². The van der Waals surface area contributed by atoms with Crippen molar-refractivity contribution in [1.29, 1.82) is 0 Å². The Hall–Kier alpha value is -2.99. The fourth-order valence-corrected chi connectivity index (χ4v) is 4.40. The summed E-state index contributed by atoms with van der Waals surface area (Å²) in [6, 6.07) is 0.590. The van der Waals surface area contributed by atoms with Gasteiger partial charge in [-0.3, -0.25) is 14.8 Å². The molecule has 1 saturated carbocycles. The van der Waals surface area contributed by atoms with Gasteiger partial charge >= 0.3 is 0 Å². The largest absolute Gasteiger partial charge is 0.350 e. The number of amides is 1. The summed E-state index contributed by atoms with van der Waals surface area (Å²) in [7, 11) is 1.78. The lowest BCUT2D eigenvalue weighted by molar-refractivity contribution is -0.130. The molecule has 164 valence electrons. The zero-order valence-electron chi connectivity index (χ0n) is 18.7. The number of rotatable bonds is 7. The van der Waals surface area contributed by atoms with E-state index >= 15 is 0 Å². The van der Waals surface area contributed by atoms with Crippen molar-refractivity contribution in [2.24, 2.45) is 9.98 Å². The Bertz CT molecular complexity index is 918. The predicted molar refractivity (Wildman–Crippen MR) is 129 cm³/mol. The first-order valence-electron chi connectivity index (χ1n) is 10.9. The first-order chi connectivity index (χ1) is 15.0. The van der Waals surface area contributed by atoms with Gasteiger partial charge in [0.15, 0.2) is 0 Å². The molecule has 0 spiro atoms. The lowest BCUT2D eigenvalue weighted by atomic mass is 9.89. The van der Waals surface area contributed by atoms with Gasteiger partial charge in [0, 0.05) is 38.4 Å². The second-order valence-electron chi connectivity index (χ2n) is 8.03. The van der Waals surface area contributed by atoms with Crippen LogP contribution in [0.4, 0.5) is 0 Å². The summed E-state index contributed by atoms with van der Waals surface area (Å²) >= 11 is 0. The summed E-state index contributed by atoms with van der Waals surface area (Å²) in [6.45, 7) is 15.1. The molecule has 6 nitrogen and oxygen atoms in total. The van der Waals surface area contributed by atoms with E-state index in [2.05, 4.69) is 52.5 Å². The molecule has 0 saturated heterocycles. The van der Waals surface area contributed by atoms with Crippen LogP contribution < -0.4 is 10.6 Å². The number of carbonyl (C=O) groups excluding carboxylic acids is 1. The van der Waals surface area contributed by atoms with Crippen LogP contribution in [0.1, 0.15) is 32.6 Å². The van der Waals surface area contributed by atoms with Gasteiger partial charge in [0.1, 0.15) is 5.70 Å². The Morgan fingerprint density at radius 3 is 2.77 bits per heavy atom. The molecule has 3 aliphatic rings. The molecule has 0 bridgehead atoms. The van der Waals surface area contributed by atoms with E-state index < -0.39 is 0 Å². The number of likely N-dealkylation sites (N-methyl/N-ethyl adjacent to an activating group) is 1. The molecule has 0 radical (unpaired) electrons. The number of carbonyl (C=O) groups is 1. The highest BCUT2D eigenvalue weighted by Gasteiger charge is 2.32. The van der Waals surface area contributed by atoms with E-state index in [-0.39, 0.29) is 11.9 Å². The van der Waals surface area contributed by atoms with E-state index in [9.17, 15) is 4.79 Å². The number of hydrogen-bond donors (Lipinski definition) is 2. The Balaban J connectivity index is 1.60. The maximum atomic E-state index is 13.2. The van der Waals surface area contributed by atoms with Gasteiger partial charge in [0.2, 0.25) is 0 Å². The summed E-state index contributed by atoms with van der Waals surface area (Å²) in [4.78, 5) is 23.6. The van der Waals surface area contributed by atoms with E-state index in [1.807, 2.05) is 17.9 Å². The topological polar surface area (TPSA) is 69.1 Å². The monoisotopic (exact) mass is 419 g/mol. The highest BCUT2D eigenvalue weighted by molar-refractivity contribution is 6.16. The quantitative estimate of drug-likeness (QED) is 0.664. The second kappa shape index (κ2) is 10.4. The van der Waals surface area contributed by atoms with Crippen molar-refractivity contribution in [3.05, 3.63) is 72.8 Å². The van der Waals surface area contributed by atoms with Gasteiger partial charge in [-0.25, -0.2) is 0 Å². The molecule has 1 fully saturated rings. The SMILES string of the molecule is C=CN=C1C=C(C(=O)N(CC)[C@H]2CCC[C@@H](NCC3=CC(=C)C(=NC)C=C3)C2)NC1=C. The number of hydrogen-bond acceptors (Lipinski definition) is 5. The summed E-state index contributed by atoms with van der Waals surface area (Å²) in [6.07, 6.45) is 13.6. The second-order valence-corrected chi connectivity index (χ2v) is 8.03. The van der Waals surface area contributed by atoms with Crippen LogP contribution >= 0.6 is 0 Å². The lowest BCUT2D eigenvalue weighted by Gasteiger charge is -2.37. The minimum atomic E-state index is 0.00386. The Kier molecular flexibility index (Phi) is 7.58. The van der Waals surface area contributed by atoms with Gasteiger partial charge in [-0.05, 0) is 62.0 Å². The summed E-state index contributed by atoms with van der Waals surface area (Å²) in [5.74, 6) is 0.00386. The molecule has 0 aromatic rings. The van der Waals surface area contributed by atoms with Crippen molar-refractivity contribution in [3.8, 4) is 0 Å². The van der Waals surface area contributed by atoms with E-state index in [0.717, 1.165) is 43.5 Å². The third-order valence-electron chi connectivity index (χ3n) is 6.01. The number of nitrogens with one attached hydrogen (secondary N) is 2. The molecule has 0 aromatic heterocycles. The zero-order chi connectivity index (χ0) is 22.4. The molecule has 2 atom stereocenters. The summed E-state index contributed by atoms with van der Waals surface area (Å²) in [5.41, 5.74) is 4.91. The van der Waals surface area contributed by atoms with Crippen LogP contribution in [0, 0.1) is 0 Å². The van der Waals surface area contributed by atoms with Crippen molar-refractivity contribution in [3.63, 3.8) is 0 Å². The van der Waals surface area contributed by atoms with Gasteiger partial charge in [-0.15, -0.1) is 0 Å². The van der Waals surface area contributed by atoms with Crippen LogP contribution in [-0.4, -0.2) is 54.5 Å². The average Bonchev–Trinajstić information content (AvgIpc) is 3.14. The fraction of sp³-hybridized carbons (Fsp3) is 0.400. The zero-order valence-corrected chi connectivity index (χ0v) is 18.7. The Morgan fingerprint density at radius 2 is 2.10 bits per heavy atom. The molecule has 2 N–H and O–H groups in total. The third-order valence-corrected chi connectivity index (χ3v) is 6.01. The Labute approximate surface area is 185 Å². The molecule has 1 aliphatic heterocycles. The third kappa shape index (κ3) is 5.39. The van der Waals surface area contributed by atoms with Gasteiger partial charge < -0.3 is 15.5 Å². The maximum absolute atomic E-state index is 13.2. The van der Waals surface area contributed by atoms with E-state index in [1.165, 1.54) is 11.8 Å². The standard InChI is InChI=1S/C25H33N5O/c1-6-27-23-15-24(29-18(23)4)25(31)30(7-2)21-10-8-9-20(14-21)28-16-19-11-12-22(26-5)17(3)13-19/h6,11-13,15,20-21,28-29H,1,3-4,7-10,14,16H2,2,5H3/t20-,21+/m1/s1. The van der Waals surface area contributed by atoms with E-state index in [0.29, 0.717) is 29.7 Å². The molecule has 6 heteroatoms. The number of allylic oxidation sites excluding steroid dienone is 4. The normalized spacial score (nSPS) is 26.0. The van der Waals surface area contributed by atoms with Crippen LogP contribution in [0.15, 0.2) is 82.8 Å². The molecule has 1 heterocycles. The molecule has 0 aromatic carbocycles. The minimum Gasteiger partial charge on any atom is -0.350 e. The molecule has 2 aliphatic carbocycles. The number of nitrogens with zero attached hydrogens (tertiary/aromatic N) is 3. The molecule has 0 unspecified atom stereocenters. The van der Waals surface area contributed by atoms with Crippen LogP contribution in [0.5, 0.6) is 0 Å². The molecular formula is C25H33N5O. The van der Waals surface area contributed by atoms with E-state index in [1.54, 1.807) is 13.1 Å². The van der Waals surface area contributed by atoms with Crippen molar-refractivity contribution in [1.82, 2.24) is 15.5 Å². The van der Waals surface area contributed by atoms with Crippen molar-refractivity contribution < 1.29 is 4.79 Å². The highest BCUT2D eigenvalue weighted by atomic mass is 16.2. The average molecular weight is 420 g/mol. The van der Waals surface area contributed by atoms with Crippen LogP contribution in [-0.2, 0) is 4.79 Å². The van der Waals surface area contributed by atoms with Crippen LogP contribution in [0.3, 0.4) is 0 Å². The fourth-order valence-electron chi connectivity index (χ4n) is 4.40. The summed E-state index contributed by atoms with van der Waals surface area (Å²) in [5, 5.41) is 6.76. The lowest BCUT2D eigenvalue weighted by Crippen LogP contribution is -2.48. The minimum absolute atomic E-state index is 0.00386.